The lowest BCUT2D eigenvalue weighted by atomic mass is 10.2. The van der Waals surface area contributed by atoms with Crippen molar-refractivity contribution in [2.24, 2.45) is 0 Å². The first-order chi connectivity index (χ1) is 8.13. The number of hydrogen-bond acceptors (Lipinski definition) is 4. The molecule has 5 heteroatoms. The van der Waals surface area contributed by atoms with Crippen LogP contribution in [0.15, 0.2) is 18.2 Å². The van der Waals surface area contributed by atoms with E-state index in [4.69, 9.17) is 5.26 Å². The Balaban J connectivity index is 2.44. The molecular formula is C12H14N2O3. The molecule has 0 unspecified atom stereocenters. The Labute approximate surface area is 99.3 Å². The van der Waals surface area contributed by atoms with Gasteiger partial charge in [-0.05, 0) is 25.0 Å². The molecule has 0 fully saturated rings. The summed E-state index contributed by atoms with van der Waals surface area (Å²) < 4.78 is 0. The first-order valence-corrected chi connectivity index (χ1v) is 5.31. The molecule has 0 aliphatic rings. The van der Waals surface area contributed by atoms with E-state index in [2.05, 4.69) is 5.32 Å². The molecule has 0 aromatic heterocycles. The minimum atomic E-state index is -0.354. The topological polar surface area (TPSA) is 93.4 Å². The summed E-state index contributed by atoms with van der Waals surface area (Å²) in [6, 6.07) is 5.74. The lowest BCUT2D eigenvalue weighted by Crippen LogP contribution is -2.24. The van der Waals surface area contributed by atoms with E-state index < -0.39 is 0 Å². The molecule has 1 rings (SSSR count). The zero-order valence-corrected chi connectivity index (χ0v) is 9.31. The summed E-state index contributed by atoms with van der Waals surface area (Å²) in [6.45, 7) is 0.469. The first-order valence-electron chi connectivity index (χ1n) is 5.31. The molecule has 0 aliphatic heterocycles. The Morgan fingerprint density at radius 3 is 2.47 bits per heavy atom. The monoisotopic (exact) mass is 234 g/mol. The quantitative estimate of drug-likeness (QED) is 0.673. The highest BCUT2D eigenvalue weighted by Gasteiger charge is 2.07. The second kappa shape index (κ2) is 6.38. The van der Waals surface area contributed by atoms with Crippen molar-refractivity contribution in [1.82, 2.24) is 5.32 Å². The third kappa shape index (κ3) is 4.43. The number of rotatable bonds is 5. The van der Waals surface area contributed by atoms with Crippen LogP contribution in [0.5, 0.6) is 11.5 Å². The smallest absolute Gasteiger partial charge is 0.251 e. The average molecular weight is 234 g/mol. The molecule has 3 N–H and O–H groups in total. The van der Waals surface area contributed by atoms with Crippen molar-refractivity contribution in [3.63, 3.8) is 0 Å². The Morgan fingerprint density at radius 2 is 1.88 bits per heavy atom. The number of aromatic hydroxyl groups is 2. The van der Waals surface area contributed by atoms with Crippen LogP contribution in [0.4, 0.5) is 0 Å². The van der Waals surface area contributed by atoms with Gasteiger partial charge < -0.3 is 15.5 Å². The van der Waals surface area contributed by atoms with Crippen molar-refractivity contribution in [1.29, 1.82) is 5.26 Å². The number of unbranched alkanes of at least 4 members (excludes halogenated alkanes) is 2. The predicted octanol–water partition coefficient (Wildman–Crippen LogP) is 1.52. The number of phenols is 2. The van der Waals surface area contributed by atoms with Gasteiger partial charge in [0.15, 0.2) is 0 Å². The molecule has 0 saturated carbocycles. The van der Waals surface area contributed by atoms with Crippen LogP contribution in [-0.2, 0) is 0 Å². The van der Waals surface area contributed by atoms with Crippen LogP contribution in [0, 0.1) is 11.3 Å². The van der Waals surface area contributed by atoms with Crippen LogP contribution in [-0.4, -0.2) is 22.7 Å². The number of hydrogen-bond donors (Lipinski definition) is 3. The molecule has 0 aliphatic carbocycles. The number of amides is 1. The second-order valence-electron chi connectivity index (χ2n) is 3.61. The Morgan fingerprint density at radius 1 is 1.24 bits per heavy atom. The van der Waals surface area contributed by atoms with Crippen molar-refractivity contribution in [3.05, 3.63) is 23.8 Å². The first kappa shape index (κ1) is 12.8. The molecule has 1 amide bonds. The maximum Gasteiger partial charge on any atom is 0.251 e. The molecule has 5 nitrogen and oxygen atoms in total. The number of nitriles is 1. The molecule has 0 bridgehead atoms. The van der Waals surface area contributed by atoms with Gasteiger partial charge in [0.05, 0.1) is 6.07 Å². The third-order valence-corrected chi connectivity index (χ3v) is 2.17. The van der Waals surface area contributed by atoms with Gasteiger partial charge in [-0.25, -0.2) is 0 Å². The van der Waals surface area contributed by atoms with Gasteiger partial charge >= 0.3 is 0 Å². The molecule has 1 aromatic carbocycles. The minimum absolute atomic E-state index is 0.153. The zero-order valence-electron chi connectivity index (χ0n) is 9.31. The van der Waals surface area contributed by atoms with E-state index in [9.17, 15) is 15.0 Å². The number of benzene rings is 1. The molecule has 1 aromatic rings. The fraction of sp³-hybridized carbons (Fsp3) is 0.333. The normalized spacial score (nSPS) is 9.59. The van der Waals surface area contributed by atoms with Gasteiger partial charge in [-0.2, -0.15) is 5.26 Å². The van der Waals surface area contributed by atoms with Crippen LogP contribution in [0.3, 0.4) is 0 Å². The van der Waals surface area contributed by atoms with Crippen LogP contribution < -0.4 is 5.32 Å². The summed E-state index contributed by atoms with van der Waals surface area (Å²) in [4.78, 5) is 11.6. The van der Waals surface area contributed by atoms with Crippen molar-refractivity contribution < 1.29 is 15.0 Å². The third-order valence-electron chi connectivity index (χ3n) is 2.17. The lowest BCUT2D eigenvalue weighted by molar-refractivity contribution is 0.0952. The van der Waals surface area contributed by atoms with Gasteiger partial charge in [0, 0.05) is 24.6 Å². The van der Waals surface area contributed by atoms with Gasteiger partial charge in [-0.15, -0.1) is 0 Å². The molecule has 0 radical (unpaired) electrons. The van der Waals surface area contributed by atoms with Crippen LogP contribution >= 0.6 is 0 Å². The van der Waals surface area contributed by atoms with E-state index in [0.29, 0.717) is 13.0 Å². The van der Waals surface area contributed by atoms with Gasteiger partial charge in [0.25, 0.3) is 5.91 Å². The number of carbonyl (C=O) groups excluding carboxylic acids is 1. The lowest BCUT2D eigenvalue weighted by Gasteiger charge is -2.05. The van der Waals surface area contributed by atoms with Crippen molar-refractivity contribution in [3.8, 4) is 17.6 Å². The summed E-state index contributed by atoms with van der Waals surface area (Å²) in [5.74, 6) is -0.660. The number of carbonyl (C=O) groups is 1. The van der Waals surface area contributed by atoms with Crippen molar-refractivity contribution in [2.75, 3.05) is 6.54 Å². The summed E-state index contributed by atoms with van der Waals surface area (Å²) in [5, 5.41) is 29.4. The molecule has 90 valence electrons. The molecule has 0 atom stereocenters. The highest BCUT2D eigenvalue weighted by Crippen LogP contribution is 2.20. The molecule has 0 saturated heterocycles. The number of nitrogens with one attached hydrogen (secondary N) is 1. The standard InChI is InChI=1S/C12H14N2O3/c13-4-2-1-3-5-14-12(17)9-6-10(15)8-11(16)7-9/h6-8,15-16H,1-3,5H2,(H,14,17). The van der Waals surface area contributed by atoms with Gasteiger partial charge in [-0.3, -0.25) is 4.79 Å². The van der Waals surface area contributed by atoms with Crippen LogP contribution in [0.1, 0.15) is 29.6 Å². The van der Waals surface area contributed by atoms with E-state index in [0.717, 1.165) is 18.9 Å². The van der Waals surface area contributed by atoms with Gasteiger partial charge in [0.1, 0.15) is 11.5 Å². The summed E-state index contributed by atoms with van der Waals surface area (Å²) in [5.41, 5.74) is 0.211. The van der Waals surface area contributed by atoms with E-state index in [1.807, 2.05) is 6.07 Å². The van der Waals surface area contributed by atoms with Crippen molar-refractivity contribution in [2.45, 2.75) is 19.3 Å². The number of nitrogens with zero attached hydrogens (tertiary/aromatic N) is 1. The zero-order chi connectivity index (χ0) is 12.7. The highest BCUT2D eigenvalue weighted by atomic mass is 16.3. The SMILES string of the molecule is N#CCCCCNC(=O)c1cc(O)cc(O)c1. The Hall–Kier alpha value is -2.22. The maximum atomic E-state index is 11.6. The summed E-state index contributed by atoms with van der Waals surface area (Å²) >= 11 is 0. The molecule has 0 heterocycles. The predicted molar refractivity (Wildman–Crippen MR) is 61.6 cm³/mol. The van der Waals surface area contributed by atoms with E-state index in [1.165, 1.54) is 12.1 Å². The molecule has 0 spiro atoms. The van der Waals surface area contributed by atoms with E-state index in [1.54, 1.807) is 0 Å². The maximum absolute atomic E-state index is 11.6. The van der Waals surface area contributed by atoms with E-state index in [-0.39, 0.29) is 23.0 Å². The van der Waals surface area contributed by atoms with Gasteiger partial charge in [-0.1, -0.05) is 0 Å². The van der Waals surface area contributed by atoms with E-state index >= 15 is 0 Å². The summed E-state index contributed by atoms with van der Waals surface area (Å²) in [6.07, 6.45) is 1.94. The van der Waals surface area contributed by atoms with Crippen molar-refractivity contribution >= 4 is 5.91 Å². The minimum Gasteiger partial charge on any atom is -0.508 e. The number of phenolic OH excluding ortho intramolecular Hbond substituents is 2. The highest BCUT2D eigenvalue weighted by molar-refractivity contribution is 5.94. The Kier molecular flexibility index (Phi) is 4.82. The second-order valence-corrected chi connectivity index (χ2v) is 3.61. The fourth-order valence-electron chi connectivity index (χ4n) is 1.36. The average Bonchev–Trinajstić information content (AvgIpc) is 2.27. The largest absolute Gasteiger partial charge is 0.508 e. The Bertz CT molecular complexity index is 418. The molecule has 17 heavy (non-hydrogen) atoms. The fourth-order valence-corrected chi connectivity index (χ4v) is 1.36. The molecular weight excluding hydrogens is 220 g/mol. The van der Waals surface area contributed by atoms with Gasteiger partial charge in [0.2, 0.25) is 0 Å². The van der Waals surface area contributed by atoms with Crippen LogP contribution in [0.2, 0.25) is 0 Å². The summed E-state index contributed by atoms with van der Waals surface area (Å²) in [7, 11) is 0. The van der Waals surface area contributed by atoms with Crippen LogP contribution in [0.25, 0.3) is 0 Å².